The molecule has 0 saturated carbocycles. The Labute approximate surface area is 135 Å². The zero-order chi connectivity index (χ0) is 13.6. The molecule has 3 nitrogen and oxygen atoms in total. The number of aromatic nitrogens is 2. The SMILES string of the molecule is Cn1nc(-c2cc(Br)sc2Br)c(-c2cccs2)c1N. The van der Waals surface area contributed by atoms with Crippen LogP contribution in [-0.2, 0) is 7.05 Å². The first-order chi connectivity index (χ1) is 9.08. The van der Waals surface area contributed by atoms with Gasteiger partial charge in [0.05, 0.1) is 13.1 Å². The number of thiophene rings is 2. The molecule has 0 radical (unpaired) electrons. The highest BCUT2D eigenvalue weighted by Gasteiger charge is 2.21. The Hall–Kier alpha value is -0.630. The lowest BCUT2D eigenvalue weighted by atomic mass is 10.1. The fourth-order valence-corrected chi connectivity index (χ4v) is 5.48. The van der Waals surface area contributed by atoms with Crippen LogP contribution in [0.15, 0.2) is 31.2 Å². The van der Waals surface area contributed by atoms with Gasteiger partial charge in [0, 0.05) is 17.5 Å². The maximum absolute atomic E-state index is 6.17. The predicted octanol–water partition coefficient (Wildman–Crippen LogP) is 4.98. The molecule has 98 valence electrons. The van der Waals surface area contributed by atoms with E-state index in [1.165, 1.54) is 0 Å². The molecular formula is C12H9Br2N3S2. The summed E-state index contributed by atoms with van der Waals surface area (Å²) in [7, 11) is 1.87. The summed E-state index contributed by atoms with van der Waals surface area (Å²) in [5.41, 5.74) is 9.15. The van der Waals surface area contributed by atoms with E-state index in [-0.39, 0.29) is 0 Å². The molecule has 0 aliphatic rings. The fraction of sp³-hybridized carbons (Fsp3) is 0.0833. The van der Waals surface area contributed by atoms with Crippen molar-refractivity contribution in [1.29, 1.82) is 0 Å². The molecule has 3 aromatic rings. The van der Waals surface area contributed by atoms with Crippen molar-refractivity contribution in [3.05, 3.63) is 31.2 Å². The van der Waals surface area contributed by atoms with Gasteiger partial charge in [-0.2, -0.15) is 5.10 Å². The van der Waals surface area contributed by atoms with Gasteiger partial charge >= 0.3 is 0 Å². The Morgan fingerprint density at radius 3 is 2.74 bits per heavy atom. The second-order valence-electron chi connectivity index (χ2n) is 3.95. The molecule has 0 bridgehead atoms. The van der Waals surface area contributed by atoms with Crippen LogP contribution in [0.3, 0.4) is 0 Å². The number of rotatable bonds is 2. The summed E-state index contributed by atoms with van der Waals surface area (Å²) in [5, 5.41) is 6.61. The van der Waals surface area contributed by atoms with Gasteiger partial charge in [0.25, 0.3) is 0 Å². The van der Waals surface area contributed by atoms with Gasteiger partial charge in [-0.3, -0.25) is 4.68 Å². The van der Waals surface area contributed by atoms with Crippen molar-refractivity contribution in [3.8, 4) is 21.7 Å². The molecule has 0 aromatic carbocycles. The van der Waals surface area contributed by atoms with Crippen LogP contribution < -0.4 is 5.73 Å². The van der Waals surface area contributed by atoms with Gasteiger partial charge in [0.1, 0.15) is 11.5 Å². The van der Waals surface area contributed by atoms with Crippen LogP contribution in [0.5, 0.6) is 0 Å². The Bertz CT molecular complexity index is 729. The summed E-state index contributed by atoms with van der Waals surface area (Å²) in [6.45, 7) is 0. The summed E-state index contributed by atoms with van der Waals surface area (Å²) >= 11 is 10.4. The van der Waals surface area contributed by atoms with E-state index >= 15 is 0 Å². The highest BCUT2D eigenvalue weighted by atomic mass is 79.9. The first kappa shape index (κ1) is 13.4. The summed E-state index contributed by atoms with van der Waals surface area (Å²) in [4.78, 5) is 1.13. The molecule has 7 heteroatoms. The van der Waals surface area contributed by atoms with Gasteiger partial charge in [0.15, 0.2) is 0 Å². The molecule has 0 aliphatic carbocycles. The number of nitrogens with two attached hydrogens (primary N) is 1. The van der Waals surface area contributed by atoms with Crippen LogP contribution >= 0.6 is 54.5 Å². The van der Waals surface area contributed by atoms with Crippen molar-refractivity contribution in [3.63, 3.8) is 0 Å². The lowest BCUT2D eigenvalue weighted by Gasteiger charge is -2.00. The van der Waals surface area contributed by atoms with Crippen molar-refractivity contribution in [2.75, 3.05) is 5.73 Å². The molecule has 0 aliphatic heterocycles. The van der Waals surface area contributed by atoms with E-state index < -0.39 is 0 Å². The number of anilines is 1. The summed E-state index contributed by atoms with van der Waals surface area (Å²) in [6.07, 6.45) is 0. The molecule has 0 atom stereocenters. The number of nitrogens with zero attached hydrogens (tertiary/aromatic N) is 2. The average Bonchev–Trinajstić information content (AvgIpc) is 3.02. The average molecular weight is 419 g/mol. The van der Waals surface area contributed by atoms with Crippen molar-refractivity contribution >= 4 is 60.4 Å². The minimum absolute atomic E-state index is 0.687. The van der Waals surface area contributed by atoms with E-state index in [9.17, 15) is 0 Å². The first-order valence-corrected chi connectivity index (χ1v) is 8.67. The van der Waals surface area contributed by atoms with Gasteiger partial charge in [-0.1, -0.05) is 6.07 Å². The van der Waals surface area contributed by atoms with Gasteiger partial charge < -0.3 is 5.73 Å². The summed E-state index contributed by atoms with van der Waals surface area (Å²) in [6, 6.07) is 6.15. The highest BCUT2D eigenvalue weighted by Crippen LogP contribution is 2.44. The van der Waals surface area contributed by atoms with Gasteiger partial charge in [-0.25, -0.2) is 0 Å². The summed E-state index contributed by atoms with van der Waals surface area (Å²) in [5.74, 6) is 0.687. The van der Waals surface area contributed by atoms with E-state index in [0.29, 0.717) is 5.82 Å². The third kappa shape index (κ3) is 2.29. The van der Waals surface area contributed by atoms with Crippen LogP contribution in [0, 0.1) is 0 Å². The smallest absolute Gasteiger partial charge is 0.130 e. The van der Waals surface area contributed by atoms with Crippen molar-refractivity contribution in [2.45, 2.75) is 0 Å². The standard InChI is InChI=1S/C12H9Br2N3S2/c1-17-12(15)9(7-3-2-4-18-7)10(16-17)6-5-8(13)19-11(6)14/h2-5H,15H2,1H3. The number of aryl methyl sites for hydroxylation is 1. The Kier molecular flexibility index (Phi) is 3.55. The van der Waals surface area contributed by atoms with E-state index in [1.54, 1.807) is 27.4 Å². The Morgan fingerprint density at radius 1 is 1.37 bits per heavy atom. The van der Waals surface area contributed by atoms with Crippen LogP contribution in [0.1, 0.15) is 0 Å². The van der Waals surface area contributed by atoms with Gasteiger partial charge in [0.2, 0.25) is 0 Å². The van der Waals surface area contributed by atoms with Crippen LogP contribution in [0.2, 0.25) is 0 Å². The van der Waals surface area contributed by atoms with Gasteiger partial charge in [-0.15, -0.1) is 22.7 Å². The first-order valence-electron chi connectivity index (χ1n) is 5.39. The Balaban J connectivity index is 2.28. The summed E-state index contributed by atoms with van der Waals surface area (Å²) < 4.78 is 3.84. The normalized spacial score (nSPS) is 11.1. The zero-order valence-corrected chi connectivity index (χ0v) is 14.7. The monoisotopic (exact) mass is 417 g/mol. The number of nitrogen functional groups attached to an aromatic ring is 1. The number of hydrogen-bond acceptors (Lipinski definition) is 4. The van der Waals surface area contributed by atoms with Crippen molar-refractivity contribution < 1.29 is 0 Å². The van der Waals surface area contributed by atoms with Crippen LogP contribution in [-0.4, -0.2) is 9.78 Å². The molecular weight excluding hydrogens is 410 g/mol. The van der Waals surface area contributed by atoms with Crippen LogP contribution in [0.4, 0.5) is 5.82 Å². The van der Waals surface area contributed by atoms with Gasteiger partial charge in [-0.05, 0) is 49.4 Å². The third-order valence-electron chi connectivity index (χ3n) is 2.77. The second kappa shape index (κ2) is 5.05. The van der Waals surface area contributed by atoms with Crippen molar-refractivity contribution in [1.82, 2.24) is 9.78 Å². The highest BCUT2D eigenvalue weighted by molar-refractivity contribution is 9.12. The lowest BCUT2D eigenvalue weighted by molar-refractivity contribution is 0.782. The van der Waals surface area contributed by atoms with E-state index in [4.69, 9.17) is 5.73 Å². The predicted molar refractivity (Wildman–Crippen MR) is 89.6 cm³/mol. The second-order valence-corrected chi connectivity index (χ2v) is 8.64. The third-order valence-corrected chi connectivity index (χ3v) is 6.00. The number of halogens is 2. The maximum atomic E-state index is 6.17. The molecule has 3 rings (SSSR count). The molecule has 0 amide bonds. The van der Waals surface area contributed by atoms with E-state index in [1.807, 2.05) is 18.5 Å². The van der Waals surface area contributed by atoms with Crippen LogP contribution in [0.25, 0.3) is 21.7 Å². The largest absolute Gasteiger partial charge is 0.383 e. The molecule has 3 heterocycles. The minimum Gasteiger partial charge on any atom is -0.383 e. The van der Waals surface area contributed by atoms with E-state index in [2.05, 4.69) is 49.1 Å². The molecule has 0 fully saturated rings. The lowest BCUT2D eigenvalue weighted by Crippen LogP contribution is -1.97. The molecule has 0 unspecified atom stereocenters. The Morgan fingerprint density at radius 2 is 2.16 bits per heavy atom. The molecule has 3 aromatic heterocycles. The topological polar surface area (TPSA) is 43.8 Å². The maximum Gasteiger partial charge on any atom is 0.130 e. The molecule has 19 heavy (non-hydrogen) atoms. The minimum atomic E-state index is 0.687. The van der Waals surface area contributed by atoms with E-state index in [0.717, 1.165) is 29.3 Å². The number of hydrogen-bond donors (Lipinski definition) is 1. The quantitative estimate of drug-likeness (QED) is 0.637. The van der Waals surface area contributed by atoms with Crippen molar-refractivity contribution in [2.24, 2.45) is 7.05 Å². The molecule has 0 saturated heterocycles. The molecule has 0 spiro atoms. The molecule has 2 N–H and O–H groups in total. The zero-order valence-electron chi connectivity index (χ0n) is 9.85. The fourth-order valence-electron chi connectivity index (χ4n) is 1.89.